The molecule has 1 saturated heterocycles. The van der Waals surface area contributed by atoms with E-state index in [2.05, 4.69) is 0 Å². The standard InChI is InChI=1S/C16H14FN3O3/c17-12-7-10-13(8-14(12)18-3-1-2-4-18)20(19-5-6-19)9-11(15(10)21)16(22)23/h1-2,7-9H,3-6H2,(H,22,23). The Kier molecular flexibility index (Phi) is 2.90. The maximum absolute atomic E-state index is 14.5. The number of nitrogens with zero attached hydrogens (tertiary/aromatic N) is 3. The fourth-order valence-corrected chi connectivity index (χ4v) is 2.88. The summed E-state index contributed by atoms with van der Waals surface area (Å²) < 4.78 is 16.1. The highest BCUT2D eigenvalue weighted by atomic mass is 19.1. The number of hydrogen-bond donors (Lipinski definition) is 1. The van der Waals surface area contributed by atoms with Gasteiger partial charge in [0.2, 0.25) is 5.43 Å². The van der Waals surface area contributed by atoms with Gasteiger partial charge in [0.05, 0.1) is 29.7 Å². The highest BCUT2D eigenvalue weighted by Gasteiger charge is 2.25. The number of aromatic nitrogens is 1. The molecule has 2 aromatic rings. The van der Waals surface area contributed by atoms with Crippen molar-refractivity contribution in [1.82, 2.24) is 4.68 Å². The topological polar surface area (TPSA) is 65.5 Å². The third-order valence-corrected chi connectivity index (χ3v) is 4.17. The van der Waals surface area contributed by atoms with Gasteiger partial charge in [-0.2, -0.15) is 0 Å². The van der Waals surface area contributed by atoms with Crippen LogP contribution in [-0.4, -0.2) is 41.9 Å². The van der Waals surface area contributed by atoms with Crippen LogP contribution in [0.25, 0.3) is 10.9 Å². The molecule has 0 radical (unpaired) electrons. The first-order chi connectivity index (χ1) is 11.1. The molecule has 2 aliphatic heterocycles. The van der Waals surface area contributed by atoms with Gasteiger partial charge in [0.25, 0.3) is 0 Å². The molecule has 0 atom stereocenters. The summed E-state index contributed by atoms with van der Waals surface area (Å²) in [6, 6.07) is 2.78. The zero-order valence-electron chi connectivity index (χ0n) is 12.2. The predicted octanol–water partition coefficient (Wildman–Crippen LogP) is 1.17. The Bertz CT molecular complexity index is 907. The third kappa shape index (κ3) is 2.16. The van der Waals surface area contributed by atoms with E-state index in [0.717, 1.165) is 19.2 Å². The molecule has 3 heterocycles. The van der Waals surface area contributed by atoms with E-state index in [4.69, 9.17) is 0 Å². The van der Waals surface area contributed by atoms with Crippen molar-refractivity contribution in [1.29, 1.82) is 0 Å². The molecule has 23 heavy (non-hydrogen) atoms. The molecular weight excluding hydrogens is 301 g/mol. The number of hydrogen-bond acceptors (Lipinski definition) is 4. The molecule has 7 heteroatoms. The van der Waals surface area contributed by atoms with Crippen LogP contribution >= 0.6 is 0 Å². The lowest BCUT2D eigenvalue weighted by molar-refractivity contribution is 0.0695. The van der Waals surface area contributed by atoms with Crippen LogP contribution in [0.5, 0.6) is 0 Å². The van der Waals surface area contributed by atoms with Gasteiger partial charge in [-0.05, 0) is 12.1 Å². The minimum Gasteiger partial charge on any atom is -0.477 e. The first-order valence-electron chi connectivity index (χ1n) is 7.33. The number of rotatable bonds is 3. The van der Waals surface area contributed by atoms with Crippen LogP contribution in [0.3, 0.4) is 0 Å². The fourth-order valence-electron chi connectivity index (χ4n) is 2.88. The van der Waals surface area contributed by atoms with Crippen LogP contribution in [0.2, 0.25) is 0 Å². The summed E-state index contributed by atoms with van der Waals surface area (Å²) in [5.74, 6) is -1.82. The van der Waals surface area contributed by atoms with E-state index in [0.29, 0.717) is 24.3 Å². The molecule has 0 amide bonds. The van der Waals surface area contributed by atoms with Gasteiger partial charge >= 0.3 is 5.97 Å². The van der Waals surface area contributed by atoms with Crippen molar-refractivity contribution in [3.8, 4) is 0 Å². The number of carboxylic acid groups (broad SMARTS) is 1. The molecule has 0 saturated carbocycles. The zero-order valence-corrected chi connectivity index (χ0v) is 12.2. The first-order valence-corrected chi connectivity index (χ1v) is 7.33. The summed E-state index contributed by atoms with van der Waals surface area (Å²) in [7, 11) is 0. The number of benzene rings is 1. The Morgan fingerprint density at radius 3 is 2.48 bits per heavy atom. The number of carbonyl (C=O) groups is 1. The Labute approximate surface area is 130 Å². The van der Waals surface area contributed by atoms with E-state index in [-0.39, 0.29) is 10.9 Å². The van der Waals surface area contributed by atoms with E-state index in [9.17, 15) is 19.1 Å². The van der Waals surface area contributed by atoms with Crippen molar-refractivity contribution in [3.63, 3.8) is 0 Å². The van der Waals surface area contributed by atoms with Gasteiger partial charge in [-0.3, -0.25) is 9.47 Å². The molecule has 0 spiro atoms. The summed E-state index contributed by atoms with van der Waals surface area (Å²) in [6.07, 6.45) is 5.23. The summed E-state index contributed by atoms with van der Waals surface area (Å²) in [5.41, 5.74) is -0.0589. The van der Waals surface area contributed by atoms with Crippen molar-refractivity contribution >= 4 is 22.6 Å². The zero-order chi connectivity index (χ0) is 16.1. The van der Waals surface area contributed by atoms with Gasteiger partial charge < -0.3 is 15.0 Å². The molecule has 1 aromatic carbocycles. The van der Waals surface area contributed by atoms with Gasteiger partial charge in [0, 0.05) is 19.3 Å². The molecule has 0 aliphatic carbocycles. The van der Waals surface area contributed by atoms with Gasteiger partial charge in [-0.15, -0.1) is 0 Å². The summed E-state index contributed by atoms with van der Waals surface area (Å²) >= 11 is 0. The second-order valence-electron chi connectivity index (χ2n) is 5.67. The fraction of sp³-hybridized carbons (Fsp3) is 0.250. The minimum absolute atomic E-state index is 0.0882. The van der Waals surface area contributed by atoms with E-state index < -0.39 is 17.2 Å². The van der Waals surface area contributed by atoms with E-state index >= 15 is 0 Å². The van der Waals surface area contributed by atoms with Crippen molar-refractivity contribution in [2.75, 3.05) is 36.1 Å². The monoisotopic (exact) mass is 315 g/mol. The Hall–Kier alpha value is -2.83. The Morgan fingerprint density at radius 1 is 1.17 bits per heavy atom. The maximum Gasteiger partial charge on any atom is 0.341 e. The minimum atomic E-state index is -1.30. The quantitative estimate of drug-likeness (QED) is 0.680. The van der Waals surface area contributed by atoms with Gasteiger partial charge in [0.1, 0.15) is 11.4 Å². The molecule has 0 bridgehead atoms. The van der Waals surface area contributed by atoms with Crippen molar-refractivity contribution in [2.45, 2.75) is 0 Å². The van der Waals surface area contributed by atoms with E-state index in [1.807, 2.05) is 22.1 Å². The van der Waals surface area contributed by atoms with Crippen molar-refractivity contribution in [2.24, 2.45) is 0 Å². The molecular formula is C16H14FN3O3. The maximum atomic E-state index is 14.5. The number of aromatic carboxylic acids is 1. The van der Waals surface area contributed by atoms with Crippen LogP contribution < -0.4 is 15.3 Å². The molecule has 0 unspecified atom stereocenters. The smallest absolute Gasteiger partial charge is 0.341 e. The van der Waals surface area contributed by atoms with Crippen LogP contribution in [0.4, 0.5) is 10.1 Å². The SMILES string of the molecule is O=C(O)c1cn(N2CC2)c2cc(N3CC=CC3)c(F)cc2c1=O. The van der Waals surface area contributed by atoms with Gasteiger partial charge in [-0.25, -0.2) is 9.18 Å². The molecule has 1 fully saturated rings. The summed E-state index contributed by atoms with van der Waals surface area (Å²) in [6.45, 7) is 2.77. The Balaban J connectivity index is 2.00. The summed E-state index contributed by atoms with van der Waals surface area (Å²) in [4.78, 5) is 25.5. The number of anilines is 1. The lowest BCUT2D eigenvalue weighted by Crippen LogP contribution is -2.25. The highest BCUT2D eigenvalue weighted by molar-refractivity contribution is 5.93. The van der Waals surface area contributed by atoms with Crippen molar-refractivity contribution in [3.05, 3.63) is 52.1 Å². The third-order valence-electron chi connectivity index (χ3n) is 4.17. The van der Waals surface area contributed by atoms with Crippen LogP contribution in [0.15, 0.2) is 35.3 Å². The molecule has 118 valence electrons. The lowest BCUT2D eigenvalue weighted by atomic mass is 10.1. The number of pyridine rings is 1. The second-order valence-corrected chi connectivity index (χ2v) is 5.67. The van der Waals surface area contributed by atoms with Crippen molar-refractivity contribution < 1.29 is 14.3 Å². The van der Waals surface area contributed by atoms with Crippen LogP contribution in [-0.2, 0) is 0 Å². The molecule has 4 rings (SSSR count). The van der Waals surface area contributed by atoms with Crippen LogP contribution in [0, 0.1) is 5.82 Å². The molecule has 2 aliphatic rings. The van der Waals surface area contributed by atoms with Gasteiger partial charge in [0.15, 0.2) is 0 Å². The average Bonchev–Trinajstić information content (AvgIpc) is 3.21. The number of fused-ring (bicyclic) bond motifs is 1. The molecule has 6 nitrogen and oxygen atoms in total. The largest absolute Gasteiger partial charge is 0.477 e. The number of carboxylic acids is 1. The molecule has 1 N–H and O–H groups in total. The molecule has 1 aromatic heterocycles. The summed E-state index contributed by atoms with van der Waals surface area (Å²) in [5, 5.41) is 11.2. The van der Waals surface area contributed by atoms with Crippen LogP contribution in [0.1, 0.15) is 10.4 Å². The number of halogens is 1. The van der Waals surface area contributed by atoms with Gasteiger partial charge in [-0.1, -0.05) is 12.2 Å². The highest BCUT2D eigenvalue weighted by Crippen LogP contribution is 2.27. The average molecular weight is 315 g/mol. The van der Waals surface area contributed by atoms with E-state index in [1.165, 1.54) is 6.20 Å². The second kappa shape index (κ2) is 4.84. The predicted molar refractivity (Wildman–Crippen MR) is 84.4 cm³/mol. The lowest BCUT2D eigenvalue weighted by Gasteiger charge is -2.21. The normalized spacial score (nSPS) is 16.4. The first kappa shape index (κ1) is 13.8. The Morgan fingerprint density at radius 2 is 1.87 bits per heavy atom. The van der Waals surface area contributed by atoms with E-state index in [1.54, 1.807) is 10.7 Å².